The molecule has 2 heterocycles. The molecule has 0 unspecified atom stereocenters. The minimum Gasteiger partial charge on any atom is -0.545 e. The maximum Gasteiger partial charge on any atom is 1.00 e. The van der Waals surface area contributed by atoms with E-state index in [1.54, 1.807) is 29.2 Å². The predicted molar refractivity (Wildman–Crippen MR) is 139 cm³/mol. The molecular weight excluding hydrogens is 485 g/mol. The fraction of sp³-hybridized carbons (Fsp3) is 0.143. The predicted octanol–water partition coefficient (Wildman–Crippen LogP) is 3.40. The van der Waals surface area contributed by atoms with Crippen LogP contribution in [0.4, 0.5) is 0 Å². The average molecular weight is 508 g/mol. The molecular formula is C28H22NNaO3S2. The quantitative estimate of drug-likeness (QED) is 0.260. The Labute approximate surface area is 234 Å². The SMILES string of the molecule is CSc1ccc(COc2ccc(C)c3nc(-c4sc5ccccc5c4C)cc(C(=O)[O-])c23)cc1.[Na+]. The number of rotatable bonds is 6. The summed E-state index contributed by atoms with van der Waals surface area (Å²) in [5.74, 6) is -0.756. The smallest absolute Gasteiger partial charge is 0.545 e. The summed E-state index contributed by atoms with van der Waals surface area (Å²) in [6, 6.07) is 21.6. The Morgan fingerprint density at radius 3 is 2.49 bits per heavy atom. The van der Waals surface area contributed by atoms with Gasteiger partial charge in [-0.3, -0.25) is 0 Å². The zero-order valence-electron chi connectivity index (χ0n) is 20.0. The van der Waals surface area contributed by atoms with Crippen molar-refractivity contribution in [3.63, 3.8) is 0 Å². The number of thioether (sulfide) groups is 1. The number of carboxylic acid groups (broad SMARTS) is 1. The van der Waals surface area contributed by atoms with Crippen LogP contribution in [0.5, 0.6) is 5.75 Å². The molecule has 0 saturated carbocycles. The van der Waals surface area contributed by atoms with Crippen molar-refractivity contribution >= 4 is 50.1 Å². The Morgan fingerprint density at radius 2 is 1.80 bits per heavy atom. The molecule has 0 aliphatic rings. The molecule has 0 fully saturated rings. The van der Waals surface area contributed by atoms with Crippen LogP contribution in [0.25, 0.3) is 31.6 Å². The standard InChI is InChI=1S/C28H23NO3S2.Na/c1-16-8-13-23(32-15-18-9-11-19(33-3)12-10-18)25-21(28(30)31)14-22(29-26(16)25)27-17(2)20-6-4-5-7-24(20)34-27;/h4-14H,15H2,1-3H3,(H,30,31);/q;+1/p-1. The van der Waals surface area contributed by atoms with Crippen LogP contribution in [0.15, 0.2) is 71.6 Å². The molecule has 35 heavy (non-hydrogen) atoms. The number of pyridine rings is 1. The number of ether oxygens (including phenoxy) is 1. The first-order valence-corrected chi connectivity index (χ1v) is 12.9. The van der Waals surface area contributed by atoms with E-state index in [0.717, 1.165) is 31.7 Å². The fourth-order valence-electron chi connectivity index (χ4n) is 4.14. The van der Waals surface area contributed by atoms with Gasteiger partial charge >= 0.3 is 29.6 Å². The van der Waals surface area contributed by atoms with Crippen LogP contribution in [0.2, 0.25) is 0 Å². The van der Waals surface area contributed by atoms with E-state index in [1.807, 2.05) is 68.6 Å². The number of carboxylic acids is 1. The summed E-state index contributed by atoms with van der Waals surface area (Å²) in [4.78, 5) is 19.3. The molecule has 0 atom stereocenters. The zero-order valence-corrected chi connectivity index (χ0v) is 23.7. The van der Waals surface area contributed by atoms with Gasteiger partial charge in [0.05, 0.1) is 27.4 Å². The summed E-state index contributed by atoms with van der Waals surface area (Å²) < 4.78 is 7.25. The third-order valence-corrected chi connectivity index (χ3v) is 8.01. The van der Waals surface area contributed by atoms with E-state index < -0.39 is 5.97 Å². The molecule has 5 rings (SSSR count). The molecule has 170 valence electrons. The van der Waals surface area contributed by atoms with Crippen LogP contribution in [0, 0.1) is 13.8 Å². The first-order valence-electron chi connectivity index (χ1n) is 10.9. The van der Waals surface area contributed by atoms with E-state index in [0.29, 0.717) is 29.0 Å². The van der Waals surface area contributed by atoms with Crippen molar-refractivity contribution < 1.29 is 44.2 Å². The van der Waals surface area contributed by atoms with Crippen LogP contribution in [0.3, 0.4) is 0 Å². The molecule has 0 bridgehead atoms. The summed E-state index contributed by atoms with van der Waals surface area (Å²) in [6.45, 7) is 4.31. The van der Waals surface area contributed by atoms with Gasteiger partial charge in [-0.25, -0.2) is 4.98 Å². The molecule has 0 aliphatic carbocycles. The topological polar surface area (TPSA) is 62.2 Å². The summed E-state index contributed by atoms with van der Waals surface area (Å²) in [7, 11) is 0. The Morgan fingerprint density at radius 1 is 1.06 bits per heavy atom. The zero-order chi connectivity index (χ0) is 23.8. The van der Waals surface area contributed by atoms with Crippen LogP contribution < -0.4 is 39.4 Å². The van der Waals surface area contributed by atoms with Gasteiger partial charge in [0.15, 0.2) is 0 Å². The number of carbonyl (C=O) groups is 1. The molecule has 0 N–H and O–H groups in total. The maximum atomic E-state index is 12.3. The minimum absolute atomic E-state index is 0. The fourth-order valence-corrected chi connectivity index (χ4v) is 5.72. The molecule has 0 radical (unpaired) electrons. The van der Waals surface area contributed by atoms with Crippen LogP contribution in [-0.4, -0.2) is 17.2 Å². The third kappa shape index (κ3) is 4.99. The Bertz CT molecular complexity index is 1540. The van der Waals surface area contributed by atoms with Crippen LogP contribution in [-0.2, 0) is 6.61 Å². The van der Waals surface area contributed by atoms with Crippen molar-refractivity contribution in [2.45, 2.75) is 25.3 Å². The van der Waals surface area contributed by atoms with Gasteiger partial charge in [0.1, 0.15) is 12.4 Å². The Kier molecular flexibility index (Phi) is 7.89. The number of fused-ring (bicyclic) bond motifs is 2. The second-order valence-electron chi connectivity index (χ2n) is 8.14. The maximum absolute atomic E-state index is 12.3. The van der Waals surface area contributed by atoms with E-state index in [-0.39, 0.29) is 35.1 Å². The Balaban J connectivity index is 0.00000289. The van der Waals surface area contributed by atoms with E-state index in [4.69, 9.17) is 9.72 Å². The molecule has 0 spiro atoms. The normalized spacial score (nSPS) is 10.9. The second-order valence-corrected chi connectivity index (χ2v) is 10.1. The molecule has 0 saturated heterocycles. The number of aryl methyl sites for hydroxylation is 2. The van der Waals surface area contributed by atoms with E-state index in [1.165, 1.54) is 4.90 Å². The number of nitrogens with zero attached hydrogens (tertiary/aromatic N) is 1. The molecule has 2 aromatic heterocycles. The number of thiophene rings is 1. The van der Waals surface area contributed by atoms with Crippen molar-refractivity contribution in [2.75, 3.05) is 6.26 Å². The third-order valence-electron chi connectivity index (χ3n) is 5.97. The van der Waals surface area contributed by atoms with Gasteiger partial charge in [-0.2, -0.15) is 0 Å². The van der Waals surface area contributed by atoms with Gasteiger partial charge in [0.2, 0.25) is 0 Å². The van der Waals surface area contributed by atoms with Crippen LogP contribution >= 0.6 is 23.1 Å². The minimum atomic E-state index is -1.24. The van der Waals surface area contributed by atoms with Crippen molar-refractivity contribution in [2.24, 2.45) is 0 Å². The second kappa shape index (κ2) is 10.7. The number of aromatic carboxylic acids is 1. The van der Waals surface area contributed by atoms with Crippen molar-refractivity contribution in [1.82, 2.24) is 4.98 Å². The molecule has 5 aromatic rings. The first-order chi connectivity index (χ1) is 16.5. The molecule has 4 nitrogen and oxygen atoms in total. The van der Waals surface area contributed by atoms with Gasteiger partial charge in [-0.1, -0.05) is 36.4 Å². The number of hydrogen-bond donors (Lipinski definition) is 0. The summed E-state index contributed by atoms with van der Waals surface area (Å²) in [5, 5.41) is 13.9. The van der Waals surface area contributed by atoms with Gasteiger partial charge < -0.3 is 14.6 Å². The van der Waals surface area contributed by atoms with Gasteiger partial charge in [-0.05, 0) is 72.5 Å². The summed E-state index contributed by atoms with van der Waals surface area (Å²) >= 11 is 3.30. The molecule has 7 heteroatoms. The number of hydrogen-bond acceptors (Lipinski definition) is 6. The summed E-state index contributed by atoms with van der Waals surface area (Å²) in [6.07, 6.45) is 2.03. The number of carbonyl (C=O) groups excluding carboxylic acids is 1. The van der Waals surface area contributed by atoms with Gasteiger partial charge in [-0.15, -0.1) is 23.1 Å². The average Bonchev–Trinajstić information content (AvgIpc) is 3.20. The van der Waals surface area contributed by atoms with Gasteiger partial charge in [0.25, 0.3) is 0 Å². The Hall–Kier alpha value is -2.35. The number of aromatic nitrogens is 1. The first kappa shape index (κ1) is 25.7. The molecule has 0 amide bonds. The van der Waals surface area contributed by atoms with Crippen molar-refractivity contribution in [3.05, 3.63) is 89.0 Å². The van der Waals surface area contributed by atoms with E-state index in [2.05, 4.69) is 12.1 Å². The largest absolute Gasteiger partial charge is 1.00 e. The van der Waals surface area contributed by atoms with E-state index >= 15 is 0 Å². The summed E-state index contributed by atoms with van der Waals surface area (Å²) in [5.41, 5.74) is 4.33. The monoisotopic (exact) mass is 507 g/mol. The molecule has 0 aliphatic heterocycles. The van der Waals surface area contributed by atoms with Crippen LogP contribution in [0.1, 0.15) is 27.0 Å². The van der Waals surface area contributed by atoms with Crippen molar-refractivity contribution in [3.8, 4) is 16.3 Å². The van der Waals surface area contributed by atoms with E-state index in [9.17, 15) is 9.90 Å². The number of benzene rings is 3. The van der Waals surface area contributed by atoms with Gasteiger partial charge in [0, 0.05) is 15.2 Å². The molecule has 3 aromatic carbocycles. The van der Waals surface area contributed by atoms with Crippen molar-refractivity contribution in [1.29, 1.82) is 0 Å².